The Labute approximate surface area is 129 Å². The van der Waals surface area contributed by atoms with Crippen molar-refractivity contribution in [1.29, 1.82) is 0 Å². The van der Waals surface area contributed by atoms with Crippen LogP contribution in [0.25, 0.3) is 0 Å². The van der Waals surface area contributed by atoms with Crippen molar-refractivity contribution in [2.24, 2.45) is 10.9 Å². The maximum atomic E-state index is 11.8. The monoisotopic (exact) mass is 333 g/mol. The number of allylic oxidation sites excluding steroid dienone is 1. The first-order valence-corrected chi connectivity index (χ1v) is 7.71. The third-order valence-electron chi connectivity index (χ3n) is 3.71. The van der Waals surface area contributed by atoms with Gasteiger partial charge in [0.05, 0.1) is 0 Å². The lowest BCUT2D eigenvalue weighted by atomic mass is 9.91. The molecule has 0 radical (unpaired) electrons. The molecule has 0 atom stereocenters. The predicted molar refractivity (Wildman–Crippen MR) is 87.6 cm³/mol. The fourth-order valence-electron chi connectivity index (χ4n) is 2.57. The summed E-state index contributed by atoms with van der Waals surface area (Å²) in [5.74, 6) is 0.424. The van der Waals surface area contributed by atoms with Crippen molar-refractivity contribution >= 4 is 27.4 Å². The minimum atomic E-state index is 0.160. The van der Waals surface area contributed by atoms with E-state index in [9.17, 15) is 4.79 Å². The summed E-state index contributed by atoms with van der Waals surface area (Å²) in [5.41, 5.74) is 5.75. The van der Waals surface area contributed by atoms with Gasteiger partial charge in [-0.15, -0.1) is 0 Å². The number of benzene rings is 1. The summed E-state index contributed by atoms with van der Waals surface area (Å²) in [4.78, 5) is 16.3. The maximum Gasteiger partial charge on any atom is 0.180 e. The molecule has 1 aliphatic heterocycles. The standard InChI is InChI=1S/C17H20BrNO/c1-10(2)15-7-14(19-9-17(15)20)8-16-11(3)5-13(18)6-12(16)4/h5-7,10H,8-9H2,1-4H3. The molecule has 0 fully saturated rings. The lowest BCUT2D eigenvalue weighted by molar-refractivity contribution is -0.114. The predicted octanol–water partition coefficient (Wildman–Crippen LogP) is 4.21. The summed E-state index contributed by atoms with van der Waals surface area (Å²) in [6.45, 7) is 8.66. The van der Waals surface area contributed by atoms with Crippen LogP contribution in [-0.4, -0.2) is 18.0 Å². The molecule has 1 aliphatic rings. The van der Waals surface area contributed by atoms with E-state index in [1.165, 1.54) is 16.7 Å². The molecule has 20 heavy (non-hydrogen) atoms. The molecule has 0 bridgehead atoms. The normalized spacial score (nSPS) is 15.4. The summed E-state index contributed by atoms with van der Waals surface area (Å²) >= 11 is 3.52. The van der Waals surface area contributed by atoms with Crippen molar-refractivity contribution in [2.75, 3.05) is 6.54 Å². The largest absolute Gasteiger partial charge is 0.292 e. The van der Waals surface area contributed by atoms with E-state index in [2.05, 4.69) is 60.8 Å². The molecule has 3 heteroatoms. The van der Waals surface area contributed by atoms with Crippen molar-refractivity contribution in [2.45, 2.75) is 34.1 Å². The van der Waals surface area contributed by atoms with Crippen molar-refractivity contribution in [3.63, 3.8) is 0 Å². The number of hydrogen-bond acceptors (Lipinski definition) is 2. The Morgan fingerprint density at radius 3 is 2.40 bits per heavy atom. The second-order valence-corrected chi connectivity index (χ2v) is 6.60. The third kappa shape index (κ3) is 3.26. The fourth-order valence-corrected chi connectivity index (χ4v) is 3.25. The number of Topliss-reactive ketones (excluding diaryl/α,β-unsaturated/α-hetero) is 1. The van der Waals surface area contributed by atoms with Gasteiger partial charge in [-0.3, -0.25) is 9.79 Å². The summed E-state index contributed by atoms with van der Waals surface area (Å²) in [5, 5.41) is 0. The molecule has 106 valence electrons. The zero-order chi connectivity index (χ0) is 14.9. The molecule has 0 saturated heterocycles. The number of hydrogen-bond donors (Lipinski definition) is 0. The van der Waals surface area contributed by atoms with Crippen molar-refractivity contribution in [3.05, 3.63) is 44.9 Å². The van der Waals surface area contributed by atoms with Crippen LogP contribution in [-0.2, 0) is 11.2 Å². The van der Waals surface area contributed by atoms with Crippen LogP contribution in [0.2, 0.25) is 0 Å². The molecule has 2 nitrogen and oxygen atoms in total. The molecule has 0 spiro atoms. The van der Waals surface area contributed by atoms with Crippen LogP contribution in [0.5, 0.6) is 0 Å². The highest BCUT2D eigenvalue weighted by molar-refractivity contribution is 9.10. The number of halogens is 1. The Bertz CT molecular complexity index is 588. The average molecular weight is 334 g/mol. The summed E-state index contributed by atoms with van der Waals surface area (Å²) in [7, 11) is 0. The highest BCUT2D eigenvalue weighted by atomic mass is 79.9. The number of aryl methyl sites for hydroxylation is 2. The van der Waals surface area contributed by atoms with Gasteiger partial charge in [0.15, 0.2) is 5.78 Å². The zero-order valence-electron chi connectivity index (χ0n) is 12.5. The molecule has 2 rings (SSSR count). The van der Waals surface area contributed by atoms with E-state index in [0.717, 1.165) is 22.2 Å². The summed E-state index contributed by atoms with van der Waals surface area (Å²) < 4.78 is 1.11. The average Bonchev–Trinajstić information content (AvgIpc) is 2.35. The molecule has 1 heterocycles. The van der Waals surface area contributed by atoms with Crippen LogP contribution in [0.15, 0.2) is 33.2 Å². The van der Waals surface area contributed by atoms with E-state index in [4.69, 9.17) is 0 Å². The lowest BCUT2D eigenvalue weighted by Gasteiger charge is -2.17. The zero-order valence-corrected chi connectivity index (χ0v) is 14.0. The topological polar surface area (TPSA) is 29.4 Å². The van der Waals surface area contributed by atoms with Gasteiger partial charge in [0.25, 0.3) is 0 Å². The Kier molecular flexibility index (Phi) is 4.59. The minimum absolute atomic E-state index is 0.160. The molecule has 0 aromatic heterocycles. The van der Waals surface area contributed by atoms with Crippen LogP contribution >= 0.6 is 15.9 Å². The highest BCUT2D eigenvalue weighted by Crippen LogP contribution is 2.23. The van der Waals surface area contributed by atoms with Gasteiger partial charge >= 0.3 is 0 Å². The molecule has 0 N–H and O–H groups in total. The van der Waals surface area contributed by atoms with E-state index in [1.54, 1.807) is 0 Å². The van der Waals surface area contributed by atoms with Gasteiger partial charge in [0.2, 0.25) is 0 Å². The van der Waals surface area contributed by atoms with Gasteiger partial charge in [-0.25, -0.2) is 0 Å². The van der Waals surface area contributed by atoms with Gasteiger partial charge in [0, 0.05) is 22.2 Å². The van der Waals surface area contributed by atoms with E-state index in [0.29, 0.717) is 6.54 Å². The number of aliphatic imine (C=N–C) groups is 1. The van der Waals surface area contributed by atoms with Gasteiger partial charge < -0.3 is 0 Å². The number of carbonyl (C=O) groups excluding carboxylic acids is 1. The molecular weight excluding hydrogens is 314 g/mol. The Morgan fingerprint density at radius 1 is 1.25 bits per heavy atom. The van der Waals surface area contributed by atoms with Gasteiger partial charge in [-0.1, -0.05) is 29.8 Å². The molecule has 1 aromatic carbocycles. The fraction of sp³-hybridized carbons (Fsp3) is 0.412. The number of carbonyl (C=O) groups is 1. The first-order chi connectivity index (χ1) is 9.38. The van der Waals surface area contributed by atoms with Gasteiger partial charge in [0.1, 0.15) is 6.54 Å². The number of ketones is 1. The van der Waals surface area contributed by atoms with Crippen LogP contribution in [0.1, 0.15) is 30.5 Å². The Balaban J connectivity index is 2.30. The van der Waals surface area contributed by atoms with E-state index >= 15 is 0 Å². The van der Waals surface area contributed by atoms with E-state index in [1.807, 2.05) is 6.08 Å². The number of nitrogens with zero attached hydrogens (tertiary/aromatic N) is 1. The van der Waals surface area contributed by atoms with Crippen LogP contribution in [0.4, 0.5) is 0 Å². The molecule has 0 amide bonds. The smallest absolute Gasteiger partial charge is 0.180 e. The van der Waals surface area contributed by atoms with Crippen molar-refractivity contribution in [3.8, 4) is 0 Å². The van der Waals surface area contributed by atoms with Crippen LogP contribution < -0.4 is 0 Å². The van der Waals surface area contributed by atoms with E-state index < -0.39 is 0 Å². The van der Waals surface area contributed by atoms with Crippen LogP contribution in [0, 0.1) is 19.8 Å². The van der Waals surface area contributed by atoms with Crippen molar-refractivity contribution in [1.82, 2.24) is 0 Å². The molecule has 0 unspecified atom stereocenters. The number of dihydropyridines is 1. The van der Waals surface area contributed by atoms with Gasteiger partial charge in [-0.2, -0.15) is 0 Å². The van der Waals surface area contributed by atoms with E-state index in [-0.39, 0.29) is 11.7 Å². The highest BCUT2D eigenvalue weighted by Gasteiger charge is 2.19. The first kappa shape index (κ1) is 15.2. The Morgan fingerprint density at radius 2 is 1.85 bits per heavy atom. The first-order valence-electron chi connectivity index (χ1n) is 6.92. The second kappa shape index (κ2) is 6.04. The second-order valence-electron chi connectivity index (χ2n) is 5.68. The SMILES string of the molecule is Cc1cc(Br)cc(C)c1CC1=NCC(=O)C(C(C)C)=C1. The molecule has 0 aliphatic carbocycles. The lowest BCUT2D eigenvalue weighted by Crippen LogP contribution is -2.20. The van der Waals surface area contributed by atoms with Crippen LogP contribution in [0.3, 0.4) is 0 Å². The molecular formula is C17H20BrNO. The molecule has 0 saturated carbocycles. The van der Waals surface area contributed by atoms with Crippen molar-refractivity contribution < 1.29 is 4.79 Å². The minimum Gasteiger partial charge on any atom is -0.292 e. The quantitative estimate of drug-likeness (QED) is 0.814. The summed E-state index contributed by atoms with van der Waals surface area (Å²) in [6, 6.07) is 4.26. The third-order valence-corrected chi connectivity index (χ3v) is 4.17. The number of rotatable bonds is 3. The Hall–Kier alpha value is -1.22. The summed E-state index contributed by atoms with van der Waals surface area (Å²) in [6.07, 6.45) is 2.78. The molecule has 1 aromatic rings. The van der Waals surface area contributed by atoms with Gasteiger partial charge in [-0.05, 0) is 54.7 Å². The maximum absolute atomic E-state index is 11.8.